The number of fused-ring (bicyclic) bond motifs is 4. The van der Waals surface area contributed by atoms with Crippen LogP contribution in [0.5, 0.6) is 0 Å². The molecule has 1 radical (unpaired) electrons. The predicted molar refractivity (Wildman–Crippen MR) is 170 cm³/mol. The fourth-order valence-corrected chi connectivity index (χ4v) is 5.55. The maximum absolute atomic E-state index is 14.1. The number of halogens is 3. The minimum Gasteiger partial charge on any atom is -0.512 e. The van der Waals surface area contributed by atoms with Gasteiger partial charge in [-0.1, -0.05) is 81.1 Å². The molecule has 44 heavy (non-hydrogen) atoms. The van der Waals surface area contributed by atoms with Crippen LogP contribution in [0.4, 0.5) is 13.2 Å². The molecule has 0 saturated carbocycles. The zero-order chi connectivity index (χ0) is 31.1. The first kappa shape index (κ1) is 34.9. The van der Waals surface area contributed by atoms with E-state index >= 15 is 0 Å². The van der Waals surface area contributed by atoms with Crippen molar-refractivity contribution in [1.82, 2.24) is 4.98 Å². The van der Waals surface area contributed by atoms with Crippen molar-refractivity contribution in [3.63, 3.8) is 0 Å². The van der Waals surface area contributed by atoms with Crippen LogP contribution in [-0.2, 0) is 24.9 Å². The van der Waals surface area contributed by atoms with Crippen molar-refractivity contribution in [3.05, 3.63) is 102 Å². The van der Waals surface area contributed by atoms with Gasteiger partial charge in [-0.25, -0.2) is 13.2 Å². The summed E-state index contributed by atoms with van der Waals surface area (Å²) in [7, 11) is 0. The van der Waals surface area contributed by atoms with E-state index in [1.54, 1.807) is 48.7 Å². The number of hydrogen-bond donors (Lipinski definition) is 1. The van der Waals surface area contributed by atoms with Gasteiger partial charge in [-0.15, -0.1) is 23.6 Å². The van der Waals surface area contributed by atoms with Crippen LogP contribution in [0.2, 0.25) is 0 Å². The van der Waals surface area contributed by atoms with Gasteiger partial charge >= 0.3 is 0 Å². The number of pyridine rings is 1. The van der Waals surface area contributed by atoms with Gasteiger partial charge in [-0.2, -0.15) is 0 Å². The molecule has 0 unspecified atom stereocenters. The van der Waals surface area contributed by atoms with Crippen LogP contribution < -0.4 is 0 Å². The second kappa shape index (κ2) is 16.0. The van der Waals surface area contributed by atoms with Gasteiger partial charge < -0.3 is 5.11 Å². The Morgan fingerprint density at radius 3 is 2.09 bits per heavy atom. The zero-order valence-electron chi connectivity index (χ0n) is 25.3. The summed E-state index contributed by atoms with van der Waals surface area (Å²) < 4.78 is 41.5. The molecule has 0 amide bonds. The first-order valence-electron chi connectivity index (χ1n) is 14.9. The van der Waals surface area contributed by atoms with E-state index in [1.165, 1.54) is 18.2 Å². The molecule has 233 valence electrons. The van der Waals surface area contributed by atoms with E-state index in [-0.39, 0.29) is 54.9 Å². The van der Waals surface area contributed by atoms with Gasteiger partial charge in [0.1, 0.15) is 5.82 Å². The molecule has 0 aliphatic rings. The van der Waals surface area contributed by atoms with Crippen LogP contribution in [0.15, 0.2) is 84.8 Å². The number of carbonyl (C=O) groups is 1. The number of aliphatic hydroxyl groups is 1. The summed E-state index contributed by atoms with van der Waals surface area (Å²) >= 11 is 0. The molecule has 0 bridgehead atoms. The number of carbonyl (C=O) groups excluding carboxylic acids is 1. The Morgan fingerprint density at radius 1 is 0.818 bits per heavy atom. The molecule has 7 heteroatoms. The smallest absolute Gasteiger partial charge is 0.251 e. The zero-order valence-corrected chi connectivity index (χ0v) is 27.7. The van der Waals surface area contributed by atoms with Crippen molar-refractivity contribution < 1.29 is 43.2 Å². The molecular formula is C37H37F3IrNO2-. The van der Waals surface area contributed by atoms with E-state index in [2.05, 4.69) is 11.1 Å². The van der Waals surface area contributed by atoms with Gasteiger partial charge in [0.15, 0.2) is 5.78 Å². The number of allylic oxidation sites excluding steroid dienone is 2. The molecular weight excluding hydrogens is 740 g/mol. The van der Waals surface area contributed by atoms with Crippen LogP contribution >= 0.6 is 0 Å². The minimum absolute atomic E-state index is 0. The summed E-state index contributed by atoms with van der Waals surface area (Å²) in [5.41, 5.74) is 1.00. The first-order valence-corrected chi connectivity index (χ1v) is 14.9. The number of alkyl halides is 2. The molecule has 0 saturated heterocycles. The quantitative estimate of drug-likeness (QED) is 0.0702. The summed E-state index contributed by atoms with van der Waals surface area (Å²) in [5.74, 6) is 0.251. The largest absolute Gasteiger partial charge is 0.512 e. The van der Waals surface area contributed by atoms with Crippen molar-refractivity contribution in [3.8, 4) is 11.3 Å². The van der Waals surface area contributed by atoms with Crippen LogP contribution in [0.25, 0.3) is 43.6 Å². The standard InChI is InChI=1S/C24H13F3N.C13H24O2.Ir/c25-22-7-3-6-17-18-10-11-28-23(20(18)9-8-19(17)22)15-12-14-4-1-2-5-16(14)21(13-15)24(26)27;1-5-10(6-2)12(14)9-13(15)11(7-3)8-4;/h1-11,13,24H;9-11,14H,5-8H2,1-4H3;/q-1;;/b;12-9-;. The fraction of sp³-hybridized carbons (Fsp3) is 0.297. The van der Waals surface area contributed by atoms with Gasteiger partial charge in [0.2, 0.25) is 0 Å². The molecule has 5 rings (SSSR count). The van der Waals surface area contributed by atoms with Crippen molar-refractivity contribution in [2.24, 2.45) is 11.8 Å². The topological polar surface area (TPSA) is 50.2 Å². The SMILES string of the molecule is CCC(CC)C(=O)/C=C(\O)C(CC)CC.Fc1cccc2c1ccc1c(-c3[c-]c4ccccc4c(C(F)F)c3)nccc12.[Ir]. The summed E-state index contributed by atoms with van der Waals surface area (Å²) in [6.07, 6.45) is 3.92. The molecule has 0 spiro atoms. The number of aliphatic hydroxyl groups excluding tert-OH is 1. The monoisotopic (exact) mass is 777 g/mol. The Morgan fingerprint density at radius 2 is 1.43 bits per heavy atom. The molecule has 1 N–H and O–H groups in total. The predicted octanol–water partition coefficient (Wildman–Crippen LogP) is 11.0. The molecule has 0 aliphatic carbocycles. The second-order valence-electron chi connectivity index (χ2n) is 10.6. The summed E-state index contributed by atoms with van der Waals surface area (Å²) in [4.78, 5) is 16.2. The molecule has 0 atom stereocenters. The third-order valence-corrected chi connectivity index (χ3v) is 8.13. The first-order chi connectivity index (χ1) is 20.7. The van der Waals surface area contributed by atoms with E-state index < -0.39 is 6.43 Å². The molecule has 0 aliphatic heterocycles. The van der Waals surface area contributed by atoms with E-state index in [1.807, 2.05) is 39.8 Å². The van der Waals surface area contributed by atoms with E-state index in [0.29, 0.717) is 27.4 Å². The van der Waals surface area contributed by atoms with Crippen molar-refractivity contribution in [1.29, 1.82) is 0 Å². The average Bonchev–Trinajstić information content (AvgIpc) is 3.01. The van der Waals surface area contributed by atoms with E-state index in [9.17, 15) is 23.1 Å². The molecule has 1 aromatic heterocycles. The van der Waals surface area contributed by atoms with Gasteiger partial charge in [0.05, 0.1) is 5.76 Å². The van der Waals surface area contributed by atoms with Crippen molar-refractivity contribution >= 4 is 38.1 Å². The van der Waals surface area contributed by atoms with E-state index in [0.717, 1.165) is 41.8 Å². The van der Waals surface area contributed by atoms with Gasteiger partial charge in [0.25, 0.3) is 6.43 Å². The number of rotatable bonds is 9. The Kier molecular flexibility index (Phi) is 12.7. The third kappa shape index (κ3) is 7.57. The Hall–Kier alpha value is -3.54. The molecule has 5 aromatic rings. The normalized spacial score (nSPS) is 11.7. The number of hydrogen-bond acceptors (Lipinski definition) is 3. The number of benzene rings is 4. The molecule has 0 fully saturated rings. The van der Waals surface area contributed by atoms with Crippen LogP contribution in [-0.4, -0.2) is 15.9 Å². The number of ketones is 1. The minimum atomic E-state index is -2.61. The number of aromatic nitrogens is 1. The van der Waals surface area contributed by atoms with E-state index in [4.69, 9.17) is 0 Å². The van der Waals surface area contributed by atoms with Gasteiger partial charge in [0, 0.05) is 55.3 Å². The van der Waals surface area contributed by atoms with Crippen molar-refractivity contribution in [2.45, 2.75) is 59.8 Å². The molecule has 4 aromatic carbocycles. The number of nitrogens with zero attached hydrogens (tertiary/aromatic N) is 1. The maximum Gasteiger partial charge on any atom is 0.251 e. The summed E-state index contributed by atoms with van der Waals surface area (Å²) in [5, 5.41) is 13.7. The molecule has 3 nitrogen and oxygen atoms in total. The summed E-state index contributed by atoms with van der Waals surface area (Å²) in [6.45, 7) is 8.07. The van der Waals surface area contributed by atoms with Crippen LogP contribution in [0, 0.1) is 23.7 Å². The maximum atomic E-state index is 14.1. The summed E-state index contributed by atoms with van der Waals surface area (Å²) in [6, 6.07) is 21.9. The third-order valence-electron chi connectivity index (χ3n) is 8.13. The Labute approximate surface area is 270 Å². The Bertz CT molecular complexity index is 1760. The Balaban J connectivity index is 0.000000286. The second-order valence-corrected chi connectivity index (χ2v) is 10.6. The van der Waals surface area contributed by atoms with Gasteiger partial charge in [-0.3, -0.25) is 9.78 Å². The average molecular weight is 777 g/mol. The van der Waals surface area contributed by atoms with Crippen molar-refractivity contribution in [2.75, 3.05) is 0 Å². The molecule has 1 heterocycles. The van der Waals surface area contributed by atoms with Crippen LogP contribution in [0.1, 0.15) is 65.4 Å². The fourth-order valence-electron chi connectivity index (χ4n) is 5.55. The van der Waals surface area contributed by atoms with Gasteiger partial charge in [-0.05, 0) is 59.5 Å². The van der Waals surface area contributed by atoms with Crippen LogP contribution in [0.3, 0.4) is 0 Å².